The average Bonchev–Trinajstić information content (AvgIpc) is 2.26. The molecule has 1 fully saturated rings. The average molecular weight is 236 g/mol. The first-order chi connectivity index (χ1) is 8.15. The molecule has 0 amide bonds. The second-order valence-electron chi connectivity index (χ2n) is 4.28. The first kappa shape index (κ1) is 11.7. The third-order valence-corrected chi connectivity index (χ3v) is 2.92. The number of aliphatic carboxylic acids is 1. The van der Waals surface area contributed by atoms with Crippen LogP contribution in [0.25, 0.3) is 0 Å². The molecule has 1 aliphatic rings. The molecule has 0 saturated carbocycles. The van der Waals surface area contributed by atoms with Crippen molar-refractivity contribution in [1.29, 1.82) is 0 Å². The summed E-state index contributed by atoms with van der Waals surface area (Å²) in [6.45, 7) is 1.30. The molecule has 0 aromatic heterocycles. The summed E-state index contributed by atoms with van der Waals surface area (Å²) in [5.74, 6) is -0.0712. The number of anilines is 1. The normalized spacial score (nSPS) is 17.0. The van der Waals surface area contributed by atoms with E-state index in [0.29, 0.717) is 13.1 Å². The van der Waals surface area contributed by atoms with Gasteiger partial charge in [-0.1, -0.05) is 12.1 Å². The van der Waals surface area contributed by atoms with Crippen molar-refractivity contribution in [2.75, 3.05) is 25.5 Å². The lowest BCUT2D eigenvalue weighted by Crippen LogP contribution is -2.65. The largest absolute Gasteiger partial charge is 0.495 e. The fourth-order valence-corrected chi connectivity index (χ4v) is 2.01. The molecule has 17 heavy (non-hydrogen) atoms. The van der Waals surface area contributed by atoms with Gasteiger partial charge in [-0.15, -0.1) is 0 Å². The van der Waals surface area contributed by atoms with E-state index in [-0.39, 0.29) is 6.42 Å². The van der Waals surface area contributed by atoms with Crippen LogP contribution in [0.15, 0.2) is 24.3 Å². The summed E-state index contributed by atoms with van der Waals surface area (Å²) in [4.78, 5) is 10.9. The van der Waals surface area contributed by atoms with Gasteiger partial charge in [0.05, 0.1) is 24.8 Å². The monoisotopic (exact) mass is 236 g/mol. The quantitative estimate of drug-likeness (QED) is 0.709. The van der Waals surface area contributed by atoms with Gasteiger partial charge in [-0.25, -0.2) is 0 Å². The van der Waals surface area contributed by atoms with Crippen molar-refractivity contribution in [1.82, 2.24) is 5.32 Å². The molecule has 0 spiro atoms. The predicted molar refractivity (Wildman–Crippen MR) is 64.5 cm³/mol. The molecule has 1 aromatic carbocycles. The van der Waals surface area contributed by atoms with E-state index in [1.807, 2.05) is 24.3 Å². The molecule has 0 bridgehead atoms. The van der Waals surface area contributed by atoms with Crippen molar-refractivity contribution < 1.29 is 14.6 Å². The Bertz CT molecular complexity index is 416. The summed E-state index contributed by atoms with van der Waals surface area (Å²) in [5, 5.41) is 15.3. The second kappa shape index (κ2) is 4.63. The smallest absolute Gasteiger partial charge is 0.305 e. The Morgan fingerprint density at radius 3 is 2.76 bits per heavy atom. The Hall–Kier alpha value is -1.75. The summed E-state index contributed by atoms with van der Waals surface area (Å²) in [6, 6.07) is 7.52. The minimum absolute atomic E-state index is 0.0953. The van der Waals surface area contributed by atoms with E-state index in [9.17, 15) is 4.79 Å². The highest BCUT2D eigenvalue weighted by Gasteiger charge is 2.39. The summed E-state index contributed by atoms with van der Waals surface area (Å²) >= 11 is 0. The Kier molecular flexibility index (Phi) is 3.19. The topological polar surface area (TPSA) is 70.6 Å². The van der Waals surface area contributed by atoms with Crippen LogP contribution in [0.5, 0.6) is 5.75 Å². The number of ether oxygens (including phenoxy) is 1. The third kappa shape index (κ3) is 2.50. The molecule has 1 aromatic rings. The molecule has 0 atom stereocenters. The van der Waals surface area contributed by atoms with Gasteiger partial charge in [-0.3, -0.25) is 4.79 Å². The Morgan fingerprint density at radius 2 is 2.24 bits per heavy atom. The minimum atomic E-state index is -0.797. The first-order valence-corrected chi connectivity index (χ1v) is 5.49. The minimum Gasteiger partial charge on any atom is -0.495 e. The van der Waals surface area contributed by atoms with Crippen LogP contribution >= 0.6 is 0 Å². The van der Waals surface area contributed by atoms with Crippen molar-refractivity contribution in [3.05, 3.63) is 24.3 Å². The van der Waals surface area contributed by atoms with Gasteiger partial charge in [-0.2, -0.15) is 0 Å². The van der Waals surface area contributed by atoms with E-state index in [0.717, 1.165) is 11.4 Å². The molecule has 1 heterocycles. The molecule has 1 aliphatic heterocycles. The molecular formula is C12H16N2O3. The Morgan fingerprint density at radius 1 is 1.53 bits per heavy atom. The lowest BCUT2D eigenvalue weighted by Gasteiger charge is -2.43. The number of carbonyl (C=O) groups is 1. The summed E-state index contributed by atoms with van der Waals surface area (Å²) in [6.07, 6.45) is 0.0953. The zero-order chi connectivity index (χ0) is 12.3. The number of benzene rings is 1. The molecule has 2 rings (SSSR count). The van der Waals surface area contributed by atoms with E-state index in [2.05, 4.69) is 10.6 Å². The van der Waals surface area contributed by atoms with Gasteiger partial charge in [0.2, 0.25) is 0 Å². The number of carboxylic acid groups (broad SMARTS) is 1. The zero-order valence-electron chi connectivity index (χ0n) is 9.69. The fraction of sp³-hybridized carbons (Fsp3) is 0.417. The van der Waals surface area contributed by atoms with Crippen LogP contribution in [0.2, 0.25) is 0 Å². The lowest BCUT2D eigenvalue weighted by atomic mass is 9.88. The fourth-order valence-electron chi connectivity index (χ4n) is 2.01. The van der Waals surface area contributed by atoms with Crippen LogP contribution in [0.3, 0.4) is 0 Å². The molecule has 3 N–H and O–H groups in total. The Balaban J connectivity index is 2.15. The number of methoxy groups -OCH3 is 1. The van der Waals surface area contributed by atoms with Gasteiger partial charge in [-0.05, 0) is 12.1 Å². The number of carboxylic acids is 1. The molecule has 92 valence electrons. The van der Waals surface area contributed by atoms with Crippen molar-refractivity contribution in [2.45, 2.75) is 12.0 Å². The number of nitrogens with one attached hydrogen (secondary N) is 2. The number of hydrogen-bond acceptors (Lipinski definition) is 4. The molecule has 0 aliphatic carbocycles. The third-order valence-electron chi connectivity index (χ3n) is 2.92. The predicted octanol–water partition coefficient (Wildman–Crippen LogP) is 0.924. The van der Waals surface area contributed by atoms with Gasteiger partial charge in [0.25, 0.3) is 0 Å². The van der Waals surface area contributed by atoms with E-state index in [1.54, 1.807) is 7.11 Å². The molecule has 5 nitrogen and oxygen atoms in total. The van der Waals surface area contributed by atoms with Crippen molar-refractivity contribution in [3.63, 3.8) is 0 Å². The van der Waals surface area contributed by atoms with Crippen molar-refractivity contribution >= 4 is 11.7 Å². The van der Waals surface area contributed by atoms with Gasteiger partial charge in [0.1, 0.15) is 5.75 Å². The lowest BCUT2D eigenvalue weighted by molar-refractivity contribution is -0.138. The van der Waals surface area contributed by atoms with Gasteiger partial charge in [0.15, 0.2) is 0 Å². The van der Waals surface area contributed by atoms with Crippen LogP contribution in [-0.4, -0.2) is 36.8 Å². The van der Waals surface area contributed by atoms with E-state index in [4.69, 9.17) is 9.84 Å². The Labute approximate surface area is 99.8 Å². The van der Waals surface area contributed by atoms with Crippen LogP contribution < -0.4 is 15.4 Å². The van der Waals surface area contributed by atoms with Gasteiger partial charge >= 0.3 is 5.97 Å². The highest BCUT2D eigenvalue weighted by atomic mass is 16.5. The highest BCUT2D eigenvalue weighted by molar-refractivity contribution is 5.71. The summed E-state index contributed by atoms with van der Waals surface area (Å²) < 4.78 is 5.23. The number of rotatable bonds is 5. The molecule has 1 saturated heterocycles. The van der Waals surface area contributed by atoms with Crippen LogP contribution in [-0.2, 0) is 4.79 Å². The molecule has 5 heteroatoms. The van der Waals surface area contributed by atoms with E-state index in [1.165, 1.54) is 0 Å². The van der Waals surface area contributed by atoms with Crippen LogP contribution in [0, 0.1) is 0 Å². The van der Waals surface area contributed by atoms with Gasteiger partial charge < -0.3 is 20.5 Å². The van der Waals surface area contributed by atoms with E-state index >= 15 is 0 Å². The summed E-state index contributed by atoms with van der Waals surface area (Å²) in [5.41, 5.74) is 0.429. The molecule has 0 unspecified atom stereocenters. The second-order valence-corrected chi connectivity index (χ2v) is 4.28. The zero-order valence-corrected chi connectivity index (χ0v) is 9.69. The molecular weight excluding hydrogens is 220 g/mol. The van der Waals surface area contributed by atoms with E-state index < -0.39 is 11.5 Å². The number of hydrogen-bond donors (Lipinski definition) is 3. The van der Waals surface area contributed by atoms with Crippen molar-refractivity contribution in [3.8, 4) is 5.75 Å². The van der Waals surface area contributed by atoms with Crippen molar-refractivity contribution in [2.24, 2.45) is 0 Å². The standard InChI is InChI=1S/C12H16N2O3/c1-17-10-5-3-2-4-9(10)14-12(6-11(15)16)7-13-8-12/h2-5,13-14H,6-8H2,1H3,(H,15,16). The molecule has 0 radical (unpaired) electrons. The maximum absolute atomic E-state index is 10.9. The highest BCUT2D eigenvalue weighted by Crippen LogP contribution is 2.29. The maximum atomic E-state index is 10.9. The maximum Gasteiger partial charge on any atom is 0.305 e. The SMILES string of the molecule is COc1ccccc1NC1(CC(=O)O)CNC1. The van der Waals surface area contributed by atoms with Crippen LogP contribution in [0.4, 0.5) is 5.69 Å². The number of para-hydroxylation sites is 2. The summed E-state index contributed by atoms with van der Waals surface area (Å²) in [7, 11) is 1.60. The van der Waals surface area contributed by atoms with Gasteiger partial charge in [0, 0.05) is 13.1 Å². The first-order valence-electron chi connectivity index (χ1n) is 5.49. The van der Waals surface area contributed by atoms with Crippen LogP contribution in [0.1, 0.15) is 6.42 Å².